The lowest BCUT2D eigenvalue weighted by molar-refractivity contribution is 0.111. The van der Waals surface area contributed by atoms with Gasteiger partial charge in [-0.3, -0.25) is 9.20 Å². The minimum absolute atomic E-state index is 0.521. The minimum atomic E-state index is 0.521. The summed E-state index contributed by atoms with van der Waals surface area (Å²) in [5.41, 5.74) is 1.48. The van der Waals surface area contributed by atoms with Crippen molar-refractivity contribution in [3.8, 4) is 0 Å². The van der Waals surface area contributed by atoms with E-state index < -0.39 is 0 Å². The lowest BCUT2D eigenvalue weighted by Gasteiger charge is -2.36. The van der Waals surface area contributed by atoms with Gasteiger partial charge in [-0.1, -0.05) is 6.07 Å². The zero-order valence-corrected chi connectivity index (χ0v) is 12.0. The molecule has 1 atom stereocenters. The van der Waals surface area contributed by atoms with Gasteiger partial charge in [0.1, 0.15) is 11.3 Å². The average Bonchev–Trinajstić information content (AvgIpc) is 2.86. The van der Waals surface area contributed by atoms with Gasteiger partial charge in [-0.05, 0) is 39.1 Å². The highest BCUT2D eigenvalue weighted by atomic mass is 16.1. The molecule has 20 heavy (non-hydrogen) atoms. The third-order valence-electron chi connectivity index (χ3n) is 4.09. The van der Waals surface area contributed by atoms with Gasteiger partial charge >= 0.3 is 0 Å². The van der Waals surface area contributed by atoms with Gasteiger partial charge in [-0.25, -0.2) is 4.98 Å². The normalized spacial score (nSPS) is 19.8. The molecule has 0 bridgehead atoms. The van der Waals surface area contributed by atoms with E-state index in [1.54, 1.807) is 0 Å². The van der Waals surface area contributed by atoms with Crippen molar-refractivity contribution in [3.63, 3.8) is 0 Å². The van der Waals surface area contributed by atoms with Crippen molar-refractivity contribution in [1.82, 2.24) is 14.3 Å². The van der Waals surface area contributed by atoms with Crippen molar-refractivity contribution >= 4 is 17.8 Å². The van der Waals surface area contributed by atoms with E-state index in [1.165, 1.54) is 6.42 Å². The largest absolute Gasteiger partial charge is 0.353 e. The maximum atomic E-state index is 11.5. The van der Waals surface area contributed by atoms with Crippen LogP contribution >= 0.6 is 0 Å². The number of fused-ring (bicyclic) bond motifs is 1. The Bertz CT molecular complexity index is 619. The van der Waals surface area contributed by atoms with Gasteiger partial charge in [0.15, 0.2) is 12.1 Å². The monoisotopic (exact) mass is 272 g/mol. The summed E-state index contributed by atoms with van der Waals surface area (Å²) in [5, 5.41) is 0. The molecule has 0 aliphatic carbocycles. The number of hydrogen-bond acceptors (Lipinski definition) is 4. The zero-order valence-electron chi connectivity index (χ0n) is 12.0. The SMILES string of the molecule is CN(C)C1CCCN(c2nc3ccccn3c2C=O)C1. The number of imidazole rings is 1. The van der Waals surface area contributed by atoms with E-state index in [0.717, 1.165) is 37.3 Å². The van der Waals surface area contributed by atoms with Gasteiger partial charge in [0.25, 0.3) is 0 Å². The summed E-state index contributed by atoms with van der Waals surface area (Å²) in [4.78, 5) is 20.6. The molecular formula is C15H20N4O. The van der Waals surface area contributed by atoms with E-state index in [2.05, 4.69) is 28.9 Å². The first kappa shape index (κ1) is 13.1. The van der Waals surface area contributed by atoms with Crippen LogP contribution in [0.15, 0.2) is 24.4 Å². The predicted octanol–water partition coefficient (Wildman–Crippen LogP) is 1.68. The summed E-state index contributed by atoms with van der Waals surface area (Å²) in [6.07, 6.45) is 5.14. The molecule has 1 saturated heterocycles. The van der Waals surface area contributed by atoms with Gasteiger partial charge in [0.05, 0.1) is 0 Å². The van der Waals surface area contributed by atoms with Crippen molar-refractivity contribution in [1.29, 1.82) is 0 Å². The van der Waals surface area contributed by atoms with E-state index >= 15 is 0 Å². The number of aldehydes is 1. The lowest BCUT2D eigenvalue weighted by atomic mass is 10.0. The van der Waals surface area contributed by atoms with Crippen molar-refractivity contribution in [3.05, 3.63) is 30.1 Å². The first-order chi connectivity index (χ1) is 9.70. The second kappa shape index (κ2) is 5.25. The van der Waals surface area contributed by atoms with Crippen LogP contribution in [-0.2, 0) is 0 Å². The van der Waals surface area contributed by atoms with E-state index in [-0.39, 0.29) is 0 Å². The number of carbonyl (C=O) groups is 1. The molecule has 1 aliphatic rings. The van der Waals surface area contributed by atoms with Crippen LogP contribution < -0.4 is 4.90 Å². The molecule has 1 fully saturated rings. The van der Waals surface area contributed by atoms with Crippen molar-refractivity contribution in [2.75, 3.05) is 32.1 Å². The van der Waals surface area contributed by atoms with Crippen LogP contribution in [0.25, 0.3) is 5.65 Å². The number of anilines is 1. The molecule has 2 aromatic heterocycles. The molecule has 1 aliphatic heterocycles. The summed E-state index contributed by atoms with van der Waals surface area (Å²) in [5.74, 6) is 0.817. The molecule has 0 N–H and O–H groups in total. The Morgan fingerprint density at radius 1 is 1.40 bits per heavy atom. The summed E-state index contributed by atoms with van der Waals surface area (Å²) < 4.78 is 1.86. The molecule has 5 nitrogen and oxygen atoms in total. The molecular weight excluding hydrogens is 252 g/mol. The maximum absolute atomic E-state index is 11.5. The Morgan fingerprint density at radius 3 is 3.00 bits per heavy atom. The summed E-state index contributed by atoms with van der Waals surface area (Å²) in [6, 6.07) is 6.32. The maximum Gasteiger partial charge on any atom is 0.170 e. The summed E-state index contributed by atoms with van der Waals surface area (Å²) in [7, 11) is 4.22. The number of carbonyl (C=O) groups excluding carboxylic acids is 1. The highest BCUT2D eigenvalue weighted by molar-refractivity contribution is 5.83. The third-order valence-corrected chi connectivity index (χ3v) is 4.09. The number of aromatic nitrogens is 2. The Kier molecular flexibility index (Phi) is 3.44. The quantitative estimate of drug-likeness (QED) is 0.797. The first-order valence-corrected chi connectivity index (χ1v) is 7.04. The molecule has 0 spiro atoms. The van der Waals surface area contributed by atoms with E-state index in [1.807, 2.05) is 28.8 Å². The van der Waals surface area contributed by atoms with Crippen LogP contribution in [0, 0.1) is 0 Å². The number of piperidine rings is 1. The number of pyridine rings is 1. The van der Waals surface area contributed by atoms with Gasteiger partial charge in [0, 0.05) is 25.3 Å². The Hall–Kier alpha value is -1.88. The molecule has 1 unspecified atom stereocenters. The molecule has 0 amide bonds. The molecule has 2 aromatic rings. The van der Waals surface area contributed by atoms with Gasteiger partial charge in [-0.2, -0.15) is 0 Å². The van der Waals surface area contributed by atoms with Crippen LogP contribution in [0.4, 0.5) is 5.82 Å². The van der Waals surface area contributed by atoms with E-state index in [9.17, 15) is 4.79 Å². The smallest absolute Gasteiger partial charge is 0.170 e. The van der Waals surface area contributed by atoms with Gasteiger partial charge in [-0.15, -0.1) is 0 Å². The fourth-order valence-electron chi connectivity index (χ4n) is 2.91. The highest BCUT2D eigenvalue weighted by Gasteiger charge is 2.25. The minimum Gasteiger partial charge on any atom is -0.353 e. The predicted molar refractivity (Wildman–Crippen MR) is 79.5 cm³/mol. The molecule has 106 valence electrons. The average molecular weight is 272 g/mol. The topological polar surface area (TPSA) is 40.9 Å². The fraction of sp³-hybridized carbons (Fsp3) is 0.467. The molecule has 0 saturated carbocycles. The number of likely N-dealkylation sites (N-methyl/N-ethyl adjacent to an activating group) is 1. The van der Waals surface area contributed by atoms with E-state index in [0.29, 0.717) is 11.7 Å². The molecule has 3 rings (SSSR count). The summed E-state index contributed by atoms with van der Waals surface area (Å²) in [6.45, 7) is 1.90. The standard InChI is InChI=1S/C15H20N4O/c1-17(2)12-6-5-8-18(10-12)15-13(11-20)19-9-4-3-7-14(19)16-15/h3-4,7,9,11-12H,5-6,8,10H2,1-2H3. The van der Waals surface area contributed by atoms with E-state index in [4.69, 9.17) is 0 Å². The van der Waals surface area contributed by atoms with Crippen LogP contribution in [0.3, 0.4) is 0 Å². The van der Waals surface area contributed by atoms with Crippen LogP contribution in [-0.4, -0.2) is 53.8 Å². The molecule has 0 radical (unpaired) electrons. The van der Waals surface area contributed by atoms with Gasteiger partial charge in [0.2, 0.25) is 0 Å². The van der Waals surface area contributed by atoms with Crippen molar-refractivity contribution in [2.45, 2.75) is 18.9 Å². The Morgan fingerprint density at radius 2 is 2.25 bits per heavy atom. The summed E-state index contributed by atoms with van der Waals surface area (Å²) >= 11 is 0. The highest BCUT2D eigenvalue weighted by Crippen LogP contribution is 2.24. The Labute approximate surface area is 118 Å². The zero-order chi connectivity index (χ0) is 14.1. The fourth-order valence-corrected chi connectivity index (χ4v) is 2.91. The molecule has 0 aromatic carbocycles. The van der Waals surface area contributed by atoms with Crippen molar-refractivity contribution in [2.24, 2.45) is 0 Å². The first-order valence-electron chi connectivity index (χ1n) is 7.04. The Balaban J connectivity index is 1.99. The number of nitrogens with zero attached hydrogens (tertiary/aromatic N) is 4. The molecule has 3 heterocycles. The van der Waals surface area contributed by atoms with Crippen LogP contribution in [0.5, 0.6) is 0 Å². The van der Waals surface area contributed by atoms with Crippen molar-refractivity contribution < 1.29 is 4.79 Å². The molecule has 5 heteroatoms. The second-order valence-corrected chi connectivity index (χ2v) is 5.57. The van der Waals surface area contributed by atoms with Crippen LogP contribution in [0.2, 0.25) is 0 Å². The van der Waals surface area contributed by atoms with Crippen LogP contribution in [0.1, 0.15) is 23.3 Å². The lowest BCUT2D eigenvalue weighted by Crippen LogP contribution is -2.45. The van der Waals surface area contributed by atoms with Gasteiger partial charge < -0.3 is 9.80 Å². The number of rotatable bonds is 3. The second-order valence-electron chi connectivity index (χ2n) is 5.57. The third kappa shape index (κ3) is 2.18. The number of hydrogen-bond donors (Lipinski definition) is 0.